The van der Waals surface area contributed by atoms with Crippen molar-refractivity contribution in [3.63, 3.8) is 0 Å². The maximum Gasteiger partial charge on any atom is 0.423 e. The summed E-state index contributed by atoms with van der Waals surface area (Å²) < 4.78 is 77.4. The van der Waals surface area contributed by atoms with Gasteiger partial charge in [-0.2, -0.15) is 26.3 Å². The number of hydrogen-bond donors (Lipinski definition) is 1. The Morgan fingerprint density at radius 2 is 1.65 bits per heavy atom. The lowest BCUT2D eigenvalue weighted by atomic mass is 10.1. The monoisotopic (exact) mass is 321 g/mol. The van der Waals surface area contributed by atoms with Crippen LogP contribution in [-0.2, 0) is 17.9 Å². The van der Waals surface area contributed by atoms with Gasteiger partial charge in [0.05, 0.1) is 6.61 Å². The first-order valence-electron chi connectivity index (χ1n) is 5.28. The molecule has 114 valence electrons. The lowest BCUT2D eigenvalue weighted by Gasteiger charge is -2.23. The fraction of sp³-hybridized carbons (Fsp3) is 0.455. The highest BCUT2D eigenvalue weighted by molar-refractivity contribution is 6.31. The zero-order chi connectivity index (χ0) is 15.6. The molecule has 2 N–H and O–H groups in total. The van der Waals surface area contributed by atoms with E-state index in [0.717, 1.165) is 0 Å². The molecule has 0 atom stereocenters. The highest BCUT2D eigenvalue weighted by Crippen LogP contribution is 2.36. The van der Waals surface area contributed by atoms with Crippen LogP contribution in [0.25, 0.3) is 0 Å². The normalized spacial score (nSPS) is 13.1. The van der Waals surface area contributed by atoms with Crippen LogP contribution in [0.2, 0.25) is 5.02 Å². The van der Waals surface area contributed by atoms with Gasteiger partial charge in [0, 0.05) is 11.6 Å². The molecule has 0 heterocycles. The van der Waals surface area contributed by atoms with Gasteiger partial charge < -0.3 is 10.5 Å². The molecular weight excluding hydrogens is 312 g/mol. The summed E-state index contributed by atoms with van der Waals surface area (Å²) >= 11 is 5.72. The van der Waals surface area contributed by atoms with Crippen molar-refractivity contribution in [3.05, 3.63) is 34.3 Å². The molecule has 0 unspecified atom stereocenters. The van der Waals surface area contributed by atoms with Crippen molar-refractivity contribution >= 4 is 11.6 Å². The lowest BCUT2D eigenvalue weighted by molar-refractivity contribution is -0.324. The minimum atomic E-state index is -5.54. The summed E-state index contributed by atoms with van der Waals surface area (Å²) in [7, 11) is 0. The van der Waals surface area contributed by atoms with Crippen molar-refractivity contribution in [3.8, 4) is 0 Å². The third-order valence-corrected chi connectivity index (χ3v) is 2.71. The Labute approximate surface area is 115 Å². The first-order chi connectivity index (χ1) is 9.05. The Morgan fingerprint density at radius 1 is 1.10 bits per heavy atom. The van der Waals surface area contributed by atoms with Gasteiger partial charge in [-0.3, -0.25) is 0 Å². The van der Waals surface area contributed by atoms with Crippen LogP contribution in [0.4, 0.5) is 26.3 Å². The van der Waals surface area contributed by atoms with E-state index in [1.165, 1.54) is 18.2 Å². The van der Waals surface area contributed by atoms with Crippen molar-refractivity contribution in [2.45, 2.75) is 31.6 Å². The Balaban J connectivity index is 2.83. The molecule has 0 saturated carbocycles. The summed E-state index contributed by atoms with van der Waals surface area (Å²) in [6.45, 7) is -0.762. The largest absolute Gasteiger partial charge is 0.423 e. The number of benzene rings is 1. The smallest absolute Gasteiger partial charge is 0.356 e. The van der Waals surface area contributed by atoms with Gasteiger partial charge in [-0.15, -0.1) is 0 Å². The zero-order valence-corrected chi connectivity index (χ0v) is 10.6. The fourth-order valence-electron chi connectivity index (χ4n) is 1.38. The molecule has 1 rings (SSSR count). The number of halogens is 7. The number of hydrogen-bond acceptors (Lipinski definition) is 2. The van der Waals surface area contributed by atoms with Crippen LogP contribution in [0, 0.1) is 0 Å². The second-order valence-corrected chi connectivity index (χ2v) is 4.31. The highest BCUT2D eigenvalue weighted by atomic mass is 35.5. The number of nitrogens with two attached hydrogens (primary N) is 1. The molecule has 0 aromatic heterocycles. The van der Waals surface area contributed by atoms with Crippen LogP contribution < -0.4 is 5.73 Å². The topological polar surface area (TPSA) is 35.2 Å². The molecule has 0 aliphatic rings. The Morgan fingerprint density at radius 3 is 2.05 bits per heavy atom. The average molecular weight is 322 g/mol. The predicted octanol–water partition coefficient (Wildman–Crippen LogP) is 3.81. The number of alkyl halides is 6. The van der Waals surface area contributed by atoms with Crippen LogP contribution in [0.15, 0.2) is 18.2 Å². The summed E-state index contributed by atoms with van der Waals surface area (Å²) in [5, 5.41) is -0.00366. The fourth-order valence-corrected chi connectivity index (χ4v) is 1.64. The van der Waals surface area contributed by atoms with Gasteiger partial charge in [0.25, 0.3) is 0 Å². The molecule has 20 heavy (non-hydrogen) atoms. The maximum absolute atomic E-state index is 12.2. The second-order valence-electron chi connectivity index (χ2n) is 3.90. The van der Waals surface area contributed by atoms with Crippen LogP contribution in [0.5, 0.6) is 0 Å². The van der Waals surface area contributed by atoms with Crippen molar-refractivity contribution in [2.75, 3.05) is 0 Å². The van der Waals surface area contributed by atoms with Gasteiger partial charge in [0.15, 0.2) is 0 Å². The third-order valence-electron chi connectivity index (χ3n) is 2.35. The molecule has 0 saturated heterocycles. The Kier molecular flexibility index (Phi) is 5.28. The molecule has 0 bridgehead atoms. The Bertz CT molecular complexity index is 445. The summed E-state index contributed by atoms with van der Waals surface area (Å²) in [5.41, 5.74) is 5.93. The van der Waals surface area contributed by atoms with E-state index in [2.05, 4.69) is 4.74 Å². The van der Waals surface area contributed by atoms with E-state index in [4.69, 9.17) is 17.3 Å². The van der Waals surface area contributed by atoms with E-state index in [9.17, 15) is 26.3 Å². The van der Waals surface area contributed by atoms with E-state index < -0.39 is 25.1 Å². The number of rotatable bonds is 4. The molecule has 2 nitrogen and oxygen atoms in total. The molecule has 0 fully saturated rings. The van der Waals surface area contributed by atoms with E-state index in [1.807, 2.05) is 0 Å². The van der Waals surface area contributed by atoms with Crippen LogP contribution in [0.3, 0.4) is 0 Å². The van der Waals surface area contributed by atoms with E-state index >= 15 is 0 Å². The van der Waals surface area contributed by atoms with Crippen molar-refractivity contribution in [1.29, 1.82) is 0 Å². The molecule has 0 amide bonds. The SMILES string of the molecule is NCc1ccc(COC(C(F)(F)F)C(F)(F)F)c(Cl)c1. The average Bonchev–Trinajstić information content (AvgIpc) is 2.27. The molecular formula is C11H10ClF6NO. The highest BCUT2D eigenvalue weighted by Gasteiger charge is 2.57. The number of ether oxygens (including phenoxy) is 1. The van der Waals surface area contributed by atoms with Gasteiger partial charge in [0.2, 0.25) is 6.10 Å². The molecule has 1 aromatic rings. The Hall–Kier alpha value is -0.990. The van der Waals surface area contributed by atoms with Gasteiger partial charge >= 0.3 is 12.4 Å². The molecule has 0 aliphatic heterocycles. The molecule has 0 radical (unpaired) electrons. The summed E-state index contributed by atoms with van der Waals surface area (Å²) in [6.07, 6.45) is -14.9. The van der Waals surface area contributed by atoms with Crippen molar-refractivity contribution in [2.24, 2.45) is 5.73 Å². The summed E-state index contributed by atoms with van der Waals surface area (Å²) in [6, 6.07) is 4.07. The third kappa shape index (κ3) is 4.53. The van der Waals surface area contributed by atoms with Gasteiger partial charge in [-0.25, -0.2) is 0 Å². The van der Waals surface area contributed by atoms with Crippen molar-refractivity contribution < 1.29 is 31.1 Å². The van der Waals surface area contributed by atoms with Gasteiger partial charge in [-0.05, 0) is 17.2 Å². The van der Waals surface area contributed by atoms with Crippen LogP contribution in [0.1, 0.15) is 11.1 Å². The minimum absolute atomic E-state index is 0.00366. The van der Waals surface area contributed by atoms with Gasteiger partial charge in [0.1, 0.15) is 0 Å². The van der Waals surface area contributed by atoms with Gasteiger partial charge in [-0.1, -0.05) is 23.7 Å². The molecule has 0 aliphatic carbocycles. The lowest BCUT2D eigenvalue weighted by Crippen LogP contribution is -2.44. The second kappa shape index (κ2) is 6.19. The van der Waals surface area contributed by atoms with E-state index in [0.29, 0.717) is 5.56 Å². The van der Waals surface area contributed by atoms with Crippen LogP contribution in [-0.4, -0.2) is 18.5 Å². The van der Waals surface area contributed by atoms with E-state index in [1.54, 1.807) is 0 Å². The van der Waals surface area contributed by atoms with Crippen molar-refractivity contribution in [1.82, 2.24) is 0 Å². The first-order valence-corrected chi connectivity index (χ1v) is 5.66. The quantitative estimate of drug-likeness (QED) is 0.856. The van der Waals surface area contributed by atoms with Crippen LogP contribution >= 0.6 is 11.6 Å². The summed E-state index contributed by atoms with van der Waals surface area (Å²) in [4.78, 5) is 0. The zero-order valence-electron chi connectivity index (χ0n) is 9.85. The maximum atomic E-state index is 12.2. The summed E-state index contributed by atoms with van der Waals surface area (Å²) in [5.74, 6) is 0. The predicted molar refractivity (Wildman–Crippen MR) is 60.0 cm³/mol. The molecule has 1 aromatic carbocycles. The van der Waals surface area contributed by atoms with E-state index in [-0.39, 0.29) is 17.1 Å². The minimum Gasteiger partial charge on any atom is -0.356 e. The standard InChI is InChI=1S/C11H10ClF6NO/c12-8-3-6(4-19)1-2-7(8)5-20-9(10(13,14)15)11(16,17)18/h1-3,9H,4-5,19H2. The molecule has 0 spiro atoms. The molecule has 9 heteroatoms. The first kappa shape index (κ1) is 17.1.